The number of rotatable bonds is 4. The minimum Gasteiger partial charge on any atom is -0.467 e. The molecule has 0 spiro atoms. The second-order valence-electron chi connectivity index (χ2n) is 4.34. The molecule has 2 aromatic rings. The van der Waals surface area contributed by atoms with Gasteiger partial charge in [-0.05, 0) is 31.2 Å². The fourth-order valence-corrected chi connectivity index (χ4v) is 1.74. The molecule has 0 aromatic carbocycles. The minimum absolute atomic E-state index is 0.124. The van der Waals surface area contributed by atoms with Crippen LogP contribution in [0.15, 0.2) is 34.9 Å². The van der Waals surface area contributed by atoms with Crippen molar-refractivity contribution in [1.29, 1.82) is 0 Å². The fraction of sp³-hybridized carbons (Fsp3) is 0.231. The van der Waals surface area contributed by atoms with E-state index in [-0.39, 0.29) is 11.4 Å². The number of primary amides is 1. The molecule has 2 heterocycles. The maximum atomic E-state index is 12.7. The normalized spacial score (nSPS) is 13.0. The number of carbonyl (C=O) groups is 1. The molecule has 0 fully saturated rings. The Morgan fingerprint density at radius 1 is 1.38 bits per heavy atom. The summed E-state index contributed by atoms with van der Waals surface area (Å²) in [6.45, 7) is 1.66. The first kappa shape index (κ1) is 14.9. The Hall–Kier alpha value is -2.51. The van der Waals surface area contributed by atoms with E-state index in [9.17, 15) is 18.0 Å². The van der Waals surface area contributed by atoms with Gasteiger partial charge in [0.15, 0.2) is 0 Å². The highest BCUT2D eigenvalue weighted by Gasteiger charge is 2.33. The second kappa shape index (κ2) is 5.47. The lowest BCUT2D eigenvalue weighted by molar-refractivity contribution is -0.141. The van der Waals surface area contributed by atoms with Crippen molar-refractivity contribution < 1.29 is 22.4 Å². The van der Waals surface area contributed by atoms with Gasteiger partial charge in [-0.25, -0.2) is 4.98 Å². The monoisotopic (exact) mass is 299 g/mol. The lowest BCUT2D eigenvalue weighted by atomic mass is 10.2. The van der Waals surface area contributed by atoms with E-state index in [1.54, 1.807) is 19.1 Å². The average molecular weight is 299 g/mol. The van der Waals surface area contributed by atoms with E-state index in [1.165, 1.54) is 6.26 Å². The molecule has 0 aliphatic rings. The Bertz CT molecular complexity index is 639. The second-order valence-corrected chi connectivity index (χ2v) is 4.34. The molecule has 112 valence electrons. The third-order valence-corrected chi connectivity index (χ3v) is 2.77. The van der Waals surface area contributed by atoms with Gasteiger partial charge in [0.25, 0.3) is 5.91 Å². The van der Waals surface area contributed by atoms with E-state index < -0.39 is 23.8 Å². The summed E-state index contributed by atoms with van der Waals surface area (Å²) in [7, 11) is 0. The summed E-state index contributed by atoms with van der Waals surface area (Å²) in [4.78, 5) is 14.7. The third kappa shape index (κ3) is 3.33. The van der Waals surface area contributed by atoms with Gasteiger partial charge in [-0.1, -0.05) is 0 Å². The number of anilines is 1. The van der Waals surface area contributed by atoms with Crippen LogP contribution in [0.3, 0.4) is 0 Å². The molecule has 2 rings (SSSR count). The highest BCUT2D eigenvalue weighted by atomic mass is 19.4. The maximum Gasteiger partial charge on any atom is 0.433 e. The van der Waals surface area contributed by atoms with Gasteiger partial charge in [-0.15, -0.1) is 0 Å². The molecule has 0 saturated heterocycles. The number of pyridine rings is 1. The van der Waals surface area contributed by atoms with Crippen molar-refractivity contribution >= 4 is 11.7 Å². The lowest BCUT2D eigenvalue weighted by Gasteiger charge is -2.16. The van der Waals surface area contributed by atoms with E-state index in [0.717, 1.165) is 6.07 Å². The van der Waals surface area contributed by atoms with E-state index in [0.29, 0.717) is 11.8 Å². The highest BCUT2D eigenvalue weighted by Crippen LogP contribution is 2.30. The zero-order valence-electron chi connectivity index (χ0n) is 10.9. The predicted octanol–water partition coefficient (Wildman–Crippen LogP) is 2.97. The number of hydrogen-bond acceptors (Lipinski definition) is 4. The Morgan fingerprint density at radius 2 is 2.10 bits per heavy atom. The van der Waals surface area contributed by atoms with Crippen LogP contribution in [0.2, 0.25) is 0 Å². The zero-order chi connectivity index (χ0) is 15.6. The molecule has 3 N–H and O–H groups in total. The first-order chi connectivity index (χ1) is 9.79. The van der Waals surface area contributed by atoms with Crippen molar-refractivity contribution in [2.45, 2.75) is 19.1 Å². The summed E-state index contributed by atoms with van der Waals surface area (Å²) in [5.41, 5.74) is 3.91. The number of aromatic nitrogens is 1. The zero-order valence-corrected chi connectivity index (χ0v) is 10.9. The molecular weight excluding hydrogens is 287 g/mol. The summed E-state index contributed by atoms with van der Waals surface area (Å²) in [5, 5.41) is 2.70. The number of alkyl halides is 3. The molecule has 5 nitrogen and oxygen atoms in total. The number of nitrogens with two attached hydrogens (primary N) is 1. The van der Waals surface area contributed by atoms with Crippen LogP contribution in [-0.4, -0.2) is 10.9 Å². The minimum atomic E-state index is -4.61. The Balaban J connectivity index is 2.37. The van der Waals surface area contributed by atoms with Crippen molar-refractivity contribution in [2.75, 3.05) is 5.32 Å². The van der Waals surface area contributed by atoms with Crippen molar-refractivity contribution in [3.8, 4) is 0 Å². The Labute approximate surface area is 118 Å². The third-order valence-electron chi connectivity index (χ3n) is 2.77. The fourth-order valence-electron chi connectivity index (χ4n) is 1.74. The van der Waals surface area contributed by atoms with Crippen LogP contribution in [0, 0.1) is 0 Å². The summed E-state index contributed by atoms with van der Waals surface area (Å²) in [6, 6.07) is 4.52. The van der Waals surface area contributed by atoms with Crippen LogP contribution in [0.4, 0.5) is 19.0 Å². The van der Waals surface area contributed by atoms with Gasteiger partial charge in [0.2, 0.25) is 0 Å². The first-order valence-corrected chi connectivity index (χ1v) is 5.97. The van der Waals surface area contributed by atoms with Crippen LogP contribution in [0.25, 0.3) is 0 Å². The molecule has 0 saturated carbocycles. The molecule has 1 atom stereocenters. The van der Waals surface area contributed by atoms with E-state index >= 15 is 0 Å². The van der Waals surface area contributed by atoms with Gasteiger partial charge in [0.1, 0.15) is 17.3 Å². The summed E-state index contributed by atoms with van der Waals surface area (Å²) in [6.07, 6.45) is -3.18. The molecule has 2 aromatic heterocycles. The molecule has 0 bridgehead atoms. The SMILES string of the molecule is CC(Nc1nc(C(F)(F)F)ccc1C(N)=O)c1ccco1. The van der Waals surface area contributed by atoms with Crippen LogP contribution >= 0.6 is 0 Å². The summed E-state index contributed by atoms with van der Waals surface area (Å²) >= 11 is 0. The molecule has 0 aliphatic carbocycles. The van der Waals surface area contributed by atoms with Gasteiger partial charge in [0.05, 0.1) is 17.9 Å². The predicted molar refractivity (Wildman–Crippen MR) is 68.5 cm³/mol. The molecule has 21 heavy (non-hydrogen) atoms. The molecule has 0 aliphatic heterocycles. The highest BCUT2D eigenvalue weighted by molar-refractivity contribution is 5.97. The molecular formula is C13H12F3N3O2. The van der Waals surface area contributed by atoms with Crippen LogP contribution in [0.1, 0.15) is 34.8 Å². The van der Waals surface area contributed by atoms with Gasteiger partial charge >= 0.3 is 6.18 Å². The number of amides is 1. The number of nitrogens with one attached hydrogen (secondary N) is 1. The van der Waals surface area contributed by atoms with E-state index in [2.05, 4.69) is 10.3 Å². The largest absolute Gasteiger partial charge is 0.467 e. The van der Waals surface area contributed by atoms with Crippen molar-refractivity contribution in [3.63, 3.8) is 0 Å². The summed E-state index contributed by atoms with van der Waals surface area (Å²) in [5.74, 6) is -0.615. The number of hydrogen-bond donors (Lipinski definition) is 2. The van der Waals surface area contributed by atoms with Crippen molar-refractivity contribution in [2.24, 2.45) is 5.73 Å². The van der Waals surface area contributed by atoms with Gasteiger partial charge in [-0.3, -0.25) is 4.79 Å². The van der Waals surface area contributed by atoms with E-state index in [1.807, 2.05) is 0 Å². The number of carbonyl (C=O) groups excluding carboxylic acids is 1. The van der Waals surface area contributed by atoms with Crippen molar-refractivity contribution in [1.82, 2.24) is 4.98 Å². The van der Waals surface area contributed by atoms with Crippen LogP contribution in [0.5, 0.6) is 0 Å². The molecule has 1 unspecified atom stereocenters. The maximum absolute atomic E-state index is 12.7. The van der Waals surface area contributed by atoms with Crippen LogP contribution < -0.4 is 11.1 Å². The smallest absolute Gasteiger partial charge is 0.433 e. The number of nitrogens with zero attached hydrogens (tertiary/aromatic N) is 1. The molecule has 8 heteroatoms. The molecule has 0 radical (unpaired) electrons. The van der Waals surface area contributed by atoms with Crippen molar-refractivity contribution in [3.05, 3.63) is 47.5 Å². The standard InChI is InChI=1S/C13H12F3N3O2/c1-7(9-3-2-6-21-9)18-12-8(11(17)20)4-5-10(19-12)13(14,15)16/h2-7H,1H3,(H2,17,20)(H,18,19). The lowest BCUT2D eigenvalue weighted by Crippen LogP contribution is -2.19. The number of halogens is 3. The van der Waals surface area contributed by atoms with Gasteiger partial charge < -0.3 is 15.5 Å². The first-order valence-electron chi connectivity index (χ1n) is 5.97. The quantitative estimate of drug-likeness (QED) is 0.909. The number of furan rings is 1. The summed E-state index contributed by atoms with van der Waals surface area (Å²) < 4.78 is 43.2. The Morgan fingerprint density at radius 3 is 2.62 bits per heavy atom. The van der Waals surface area contributed by atoms with E-state index in [4.69, 9.17) is 10.2 Å². The molecule has 1 amide bonds. The topological polar surface area (TPSA) is 81.1 Å². The van der Waals surface area contributed by atoms with Gasteiger partial charge in [0, 0.05) is 0 Å². The van der Waals surface area contributed by atoms with Gasteiger partial charge in [-0.2, -0.15) is 13.2 Å². The average Bonchev–Trinajstić information content (AvgIpc) is 2.91. The Kier molecular flexibility index (Phi) is 3.88. The van der Waals surface area contributed by atoms with Crippen LogP contribution in [-0.2, 0) is 6.18 Å².